The van der Waals surface area contributed by atoms with Crippen LogP contribution in [0.4, 0.5) is 0 Å². The highest BCUT2D eigenvalue weighted by Crippen LogP contribution is 2.24. The van der Waals surface area contributed by atoms with Gasteiger partial charge in [-0.25, -0.2) is 4.98 Å². The van der Waals surface area contributed by atoms with Crippen LogP contribution in [0.5, 0.6) is 0 Å². The number of benzene rings is 2. The summed E-state index contributed by atoms with van der Waals surface area (Å²) in [5, 5.41) is 10.0. The minimum atomic E-state index is -0.0349. The van der Waals surface area contributed by atoms with Crippen molar-refractivity contribution in [2.24, 2.45) is 0 Å². The second-order valence-corrected chi connectivity index (χ2v) is 7.12. The number of nitrogens with zero attached hydrogens (tertiary/aromatic N) is 3. The molecule has 1 aromatic heterocycles. The highest BCUT2D eigenvalue weighted by Gasteiger charge is 2.09. The number of thioether (sulfide) groups is 1. The largest absolute Gasteiger partial charge is 0.283 e. The molecule has 0 radical (unpaired) electrons. The lowest BCUT2D eigenvalue weighted by Gasteiger charge is -2.12. The lowest BCUT2D eigenvalue weighted by Crippen LogP contribution is -2.23. The van der Waals surface area contributed by atoms with E-state index in [1.165, 1.54) is 0 Å². The molecule has 0 spiro atoms. The molecule has 0 fully saturated rings. The molecule has 3 rings (SSSR count). The Morgan fingerprint density at radius 3 is 2.58 bits per heavy atom. The van der Waals surface area contributed by atoms with Crippen LogP contribution < -0.4 is 5.56 Å². The minimum absolute atomic E-state index is 0.0349. The van der Waals surface area contributed by atoms with Gasteiger partial charge in [0, 0.05) is 11.8 Å². The van der Waals surface area contributed by atoms with Crippen LogP contribution in [0.1, 0.15) is 23.7 Å². The predicted octanol–water partition coefficient (Wildman–Crippen LogP) is 4.25. The Kier molecular flexibility index (Phi) is 5.55. The summed E-state index contributed by atoms with van der Waals surface area (Å²) in [7, 11) is 0. The maximum absolute atomic E-state index is 12.4. The summed E-state index contributed by atoms with van der Waals surface area (Å²) in [6.45, 7) is 4.37. The Balaban J connectivity index is 1.92. The van der Waals surface area contributed by atoms with Crippen LogP contribution in [0.2, 0.25) is 0 Å². The number of aryl methyl sites for hydroxylation is 1. The Bertz CT molecular complexity index is 1020. The number of rotatable bonds is 5. The number of hydrogen-bond donors (Lipinski definition) is 0. The molecule has 0 amide bonds. The van der Waals surface area contributed by atoms with Crippen molar-refractivity contribution in [3.05, 3.63) is 81.8 Å². The molecule has 0 saturated carbocycles. The SMILES string of the molecule is CCSc1nc(C)cc(=O)n1Cc1ccc(-c2ccccc2C#N)cc1. The second kappa shape index (κ2) is 8.03. The maximum Gasteiger partial charge on any atom is 0.254 e. The minimum Gasteiger partial charge on any atom is -0.283 e. The van der Waals surface area contributed by atoms with E-state index in [1.54, 1.807) is 22.4 Å². The molecule has 5 heteroatoms. The smallest absolute Gasteiger partial charge is 0.254 e. The molecule has 0 N–H and O–H groups in total. The molecule has 0 aliphatic rings. The number of nitriles is 1. The molecule has 3 aromatic rings. The van der Waals surface area contributed by atoms with Gasteiger partial charge in [0.15, 0.2) is 5.16 Å². The third-order valence-corrected chi connectivity index (χ3v) is 4.89. The summed E-state index contributed by atoms with van der Waals surface area (Å²) in [6, 6.07) is 19.3. The van der Waals surface area contributed by atoms with E-state index in [0.29, 0.717) is 12.1 Å². The van der Waals surface area contributed by atoms with E-state index >= 15 is 0 Å². The van der Waals surface area contributed by atoms with Crippen molar-refractivity contribution < 1.29 is 0 Å². The van der Waals surface area contributed by atoms with Gasteiger partial charge in [0.2, 0.25) is 0 Å². The van der Waals surface area contributed by atoms with E-state index in [-0.39, 0.29) is 5.56 Å². The highest BCUT2D eigenvalue weighted by atomic mass is 32.2. The summed E-state index contributed by atoms with van der Waals surface area (Å²) in [4.78, 5) is 16.9. The Hall–Kier alpha value is -2.84. The van der Waals surface area contributed by atoms with Crippen molar-refractivity contribution in [2.45, 2.75) is 25.5 Å². The molecule has 0 atom stereocenters. The van der Waals surface area contributed by atoms with Crippen molar-refractivity contribution in [3.63, 3.8) is 0 Å². The quantitative estimate of drug-likeness (QED) is 0.503. The summed E-state index contributed by atoms with van der Waals surface area (Å²) < 4.78 is 1.71. The first-order chi connectivity index (χ1) is 12.6. The van der Waals surface area contributed by atoms with Crippen molar-refractivity contribution in [3.8, 4) is 17.2 Å². The van der Waals surface area contributed by atoms with E-state index in [1.807, 2.05) is 62.4 Å². The lowest BCUT2D eigenvalue weighted by atomic mass is 9.99. The monoisotopic (exact) mass is 361 g/mol. The standard InChI is InChI=1S/C21H19N3OS/c1-3-26-21-23-15(2)12-20(25)24(21)14-16-8-10-17(11-9-16)19-7-5-4-6-18(19)13-22/h4-12H,3,14H2,1-2H3. The molecular formula is C21H19N3OS. The zero-order chi connectivity index (χ0) is 18.5. The number of hydrogen-bond acceptors (Lipinski definition) is 4. The average molecular weight is 361 g/mol. The van der Waals surface area contributed by atoms with Crippen LogP contribution in [0.3, 0.4) is 0 Å². The zero-order valence-electron chi connectivity index (χ0n) is 14.8. The molecule has 0 saturated heterocycles. The lowest BCUT2D eigenvalue weighted by molar-refractivity contribution is 0.638. The van der Waals surface area contributed by atoms with Crippen LogP contribution in [0.15, 0.2) is 64.5 Å². The highest BCUT2D eigenvalue weighted by molar-refractivity contribution is 7.99. The van der Waals surface area contributed by atoms with Crippen molar-refractivity contribution in [2.75, 3.05) is 5.75 Å². The van der Waals surface area contributed by atoms with E-state index in [9.17, 15) is 10.1 Å². The van der Waals surface area contributed by atoms with E-state index in [0.717, 1.165) is 33.3 Å². The van der Waals surface area contributed by atoms with Gasteiger partial charge in [-0.15, -0.1) is 0 Å². The van der Waals surface area contributed by atoms with Gasteiger partial charge in [-0.05, 0) is 35.4 Å². The topological polar surface area (TPSA) is 58.7 Å². The first-order valence-electron chi connectivity index (χ1n) is 8.42. The number of aromatic nitrogens is 2. The van der Waals surface area contributed by atoms with Crippen LogP contribution in [-0.4, -0.2) is 15.3 Å². The van der Waals surface area contributed by atoms with Gasteiger partial charge in [-0.1, -0.05) is 61.2 Å². The summed E-state index contributed by atoms with van der Waals surface area (Å²) in [6.07, 6.45) is 0. The molecule has 2 aromatic carbocycles. The van der Waals surface area contributed by atoms with Crippen LogP contribution in [0, 0.1) is 18.3 Å². The van der Waals surface area contributed by atoms with E-state index < -0.39 is 0 Å². The zero-order valence-corrected chi connectivity index (χ0v) is 15.6. The molecule has 0 aliphatic heterocycles. The van der Waals surface area contributed by atoms with Gasteiger partial charge in [-0.3, -0.25) is 9.36 Å². The Morgan fingerprint density at radius 1 is 1.15 bits per heavy atom. The van der Waals surface area contributed by atoms with Crippen molar-refractivity contribution in [1.29, 1.82) is 5.26 Å². The van der Waals surface area contributed by atoms with Gasteiger partial charge in [0.25, 0.3) is 5.56 Å². The van der Waals surface area contributed by atoms with Crippen LogP contribution in [-0.2, 0) is 6.54 Å². The van der Waals surface area contributed by atoms with E-state index in [4.69, 9.17) is 0 Å². The summed E-state index contributed by atoms with van der Waals surface area (Å²) >= 11 is 1.57. The molecule has 4 nitrogen and oxygen atoms in total. The summed E-state index contributed by atoms with van der Waals surface area (Å²) in [5.74, 6) is 0.861. The van der Waals surface area contributed by atoms with Gasteiger partial charge in [0.05, 0.1) is 18.2 Å². The Morgan fingerprint density at radius 2 is 1.88 bits per heavy atom. The molecule has 1 heterocycles. The molecule has 26 heavy (non-hydrogen) atoms. The molecular weight excluding hydrogens is 342 g/mol. The second-order valence-electron chi connectivity index (χ2n) is 5.89. The summed E-state index contributed by atoms with van der Waals surface area (Å²) in [5.41, 5.74) is 4.29. The van der Waals surface area contributed by atoms with E-state index in [2.05, 4.69) is 11.1 Å². The fraction of sp³-hybridized carbons (Fsp3) is 0.190. The third-order valence-electron chi connectivity index (χ3n) is 4.03. The van der Waals surface area contributed by atoms with Gasteiger partial charge >= 0.3 is 0 Å². The molecule has 0 aliphatic carbocycles. The van der Waals surface area contributed by atoms with Crippen molar-refractivity contribution in [1.82, 2.24) is 9.55 Å². The third kappa shape index (κ3) is 3.87. The Labute approximate surface area is 157 Å². The molecule has 130 valence electrons. The molecule has 0 unspecified atom stereocenters. The van der Waals surface area contributed by atoms with Gasteiger partial charge in [0.1, 0.15) is 0 Å². The fourth-order valence-corrected chi connectivity index (χ4v) is 3.56. The predicted molar refractivity (Wildman–Crippen MR) is 105 cm³/mol. The van der Waals surface area contributed by atoms with Crippen LogP contribution >= 0.6 is 11.8 Å². The van der Waals surface area contributed by atoms with Crippen LogP contribution in [0.25, 0.3) is 11.1 Å². The first kappa shape index (κ1) is 18.0. The first-order valence-corrected chi connectivity index (χ1v) is 9.40. The maximum atomic E-state index is 12.4. The van der Waals surface area contributed by atoms with Gasteiger partial charge < -0.3 is 0 Å². The van der Waals surface area contributed by atoms with Crippen molar-refractivity contribution >= 4 is 11.8 Å². The normalized spacial score (nSPS) is 10.5. The average Bonchev–Trinajstić information content (AvgIpc) is 2.65. The van der Waals surface area contributed by atoms with Gasteiger partial charge in [-0.2, -0.15) is 5.26 Å². The fourth-order valence-electron chi connectivity index (χ4n) is 2.78. The molecule has 0 bridgehead atoms.